The number of hydrogen-bond donors (Lipinski definition) is 1. The molecule has 5 heteroatoms. The molecular formula is C14H22ClN3O. The molecule has 1 fully saturated rings. The summed E-state index contributed by atoms with van der Waals surface area (Å²) in [6.45, 7) is 7.62. The van der Waals surface area contributed by atoms with E-state index in [-0.39, 0.29) is 18.0 Å². The molecule has 2 N–H and O–H groups in total. The van der Waals surface area contributed by atoms with Crippen LogP contribution in [0.15, 0.2) is 12.3 Å². The summed E-state index contributed by atoms with van der Waals surface area (Å²) in [4.78, 5) is 14.4. The highest BCUT2D eigenvalue weighted by molar-refractivity contribution is 6.31. The molecule has 19 heavy (non-hydrogen) atoms. The van der Waals surface area contributed by atoms with Crippen LogP contribution in [-0.4, -0.2) is 34.5 Å². The molecule has 0 aromatic carbocycles. The summed E-state index contributed by atoms with van der Waals surface area (Å²) in [5.41, 5.74) is 6.59. The average Bonchev–Trinajstić information content (AvgIpc) is 2.94. The Bertz CT molecular complexity index is 467. The molecule has 2 atom stereocenters. The zero-order valence-electron chi connectivity index (χ0n) is 11.8. The normalized spacial score (nSPS) is 21.2. The van der Waals surface area contributed by atoms with Gasteiger partial charge in [0.25, 0.3) is 5.91 Å². The summed E-state index contributed by atoms with van der Waals surface area (Å²) < 4.78 is 1.93. The SMILES string of the molecule is CC(N)C1CCN(C(=O)c2cc(Cl)cn2C(C)C)C1. The van der Waals surface area contributed by atoms with Crippen LogP contribution in [0.2, 0.25) is 5.02 Å². The topological polar surface area (TPSA) is 51.3 Å². The van der Waals surface area contributed by atoms with Crippen LogP contribution in [0.5, 0.6) is 0 Å². The third-order valence-electron chi connectivity index (χ3n) is 3.85. The number of hydrogen-bond acceptors (Lipinski definition) is 2. The van der Waals surface area contributed by atoms with Crippen LogP contribution >= 0.6 is 11.6 Å². The van der Waals surface area contributed by atoms with Crippen LogP contribution in [0.25, 0.3) is 0 Å². The summed E-state index contributed by atoms with van der Waals surface area (Å²) in [6, 6.07) is 2.11. The molecule has 106 valence electrons. The summed E-state index contributed by atoms with van der Waals surface area (Å²) in [6.07, 6.45) is 2.80. The van der Waals surface area contributed by atoms with Crippen LogP contribution in [0, 0.1) is 5.92 Å². The first-order valence-electron chi connectivity index (χ1n) is 6.82. The van der Waals surface area contributed by atoms with E-state index in [1.165, 1.54) is 0 Å². The molecule has 2 heterocycles. The average molecular weight is 284 g/mol. The Balaban J connectivity index is 2.17. The lowest BCUT2D eigenvalue weighted by Crippen LogP contribution is -2.34. The van der Waals surface area contributed by atoms with E-state index in [1.807, 2.05) is 36.4 Å². The first-order valence-corrected chi connectivity index (χ1v) is 7.20. The third kappa shape index (κ3) is 2.95. The van der Waals surface area contributed by atoms with Gasteiger partial charge in [-0.2, -0.15) is 0 Å². The molecule has 1 saturated heterocycles. The zero-order chi connectivity index (χ0) is 14.2. The number of amides is 1. The number of nitrogens with two attached hydrogens (primary N) is 1. The van der Waals surface area contributed by atoms with Gasteiger partial charge < -0.3 is 15.2 Å². The van der Waals surface area contributed by atoms with Crippen LogP contribution in [0.3, 0.4) is 0 Å². The van der Waals surface area contributed by atoms with Crippen molar-refractivity contribution < 1.29 is 4.79 Å². The number of aromatic nitrogens is 1. The maximum atomic E-state index is 12.6. The Labute approximate surface area is 119 Å². The first-order chi connectivity index (χ1) is 8.90. The molecule has 0 spiro atoms. The summed E-state index contributed by atoms with van der Waals surface area (Å²) in [5.74, 6) is 0.464. The van der Waals surface area contributed by atoms with E-state index < -0.39 is 0 Å². The first kappa shape index (κ1) is 14.4. The van der Waals surface area contributed by atoms with Crippen molar-refractivity contribution in [1.29, 1.82) is 0 Å². The van der Waals surface area contributed by atoms with Crippen LogP contribution < -0.4 is 5.73 Å². The second-order valence-corrected chi connectivity index (χ2v) is 6.14. The van der Waals surface area contributed by atoms with Crippen molar-refractivity contribution in [1.82, 2.24) is 9.47 Å². The molecule has 1 aliphatic rings. The quantitative estimate of drug-likeness (QED) is 0.927. The van der Waals surface area contributed by atoms with Crippen LogP contribution in [0.4, 0.5) is 0 Å². The fourth-order valence-corrected chi connectivity index (χ4v) is 2.82. The number of rotatable bonds is 3. The minimum absolute atomic E-state index is 0.0590. The lowest BCUT2D eigenvalue weighted by atomic mass is 10.0. The van der Waals surface area contributed by atoms with E-state index in [0.29, 0.717) is 16.6 Å². The van der Waals surface area contributed by atoms with Crippen LogP contribution in [-0.2, 0) is 0 Å². The second-order valence-electron chi connectivity index (χ2n) is 5.70. The van der Waals surface area contributed by atoms with Crippen molar-refractivity contribution in [3.8, 4) is 0 Å². The Morgan fingerprint density at radius 1 is 1.47 bits per heavy atom. The number of carbonyl (C=O) groups is 1. The summed E-state index contributed by atoms with van der Waals surface area (Å²) in [5, 5.41) is 0.611. The molecule has 0 aliphatic carbocycles. The number of carbonyl (C=O) groups excluding carboxylic acids is 1. The van der Waals surface area contributed by atoms with Gasteiger partial charge >= 0.3 is 0 Å². The van der Waals surface area contributed by atoms with Gasteiger partial charge in [0.05, 0.1) is 5.02 Å². The lowest BCUT2D eigenvalue weighted by molar-refractivity contribution is 0.0773. The lowest BCUT2D eigenvalue weighted by Gasteiger charge is -2.20. The summed E-state index contributed by atoms with van der Waals surface area (Å²) >= 11 is 6.03. The molecule has 1 aromatic heterocycles. The van der Waals surface area contributed by atoms with Crippen molar-refractivity contribution in [2.24, 2.45) is 11.7 Å². The molecule has 1 amide bonds. The molecule has 2 rings (SSSR count). The van der Waals surface area contributed by atoms with E-state index >= 15 is 0 Å². The molecule has 1 aliphatic heterocycles. The van der Waals surface area contributed by atoms with E-state index in [9.17, 15) is 4.79 Å². The smallest absolute Gasteiger partial charge is 0.270 e. The second kappa shape index (κ2) is 5.55. The van der Waals surface area contributed by atoms with Gasteiger partial charge in [-0.15, -0.1) is 0 Å². The number of halogens is 1. The van der Waals surface area contributed by atoms with Gasteiger partial charge in [-0.05, 0) is 39.2 Å². The van der Waals surface area contributed by atoms with E-state index in [0.717, 1.165) is 19.5 Å². The highest BCUT2D eigenvalue weighted by atomic mass is 35.5. The van der Waals surface area contributed by atoms with Crippen molar-refractivity contribution in [2.45, 2.75) is 39.3 Å². The molecule has 0 radical (unpaired) electrons. The minimum Gasteiger partial charge on any atom is -0.339 e. The van der Waals surface area contributed by atoms with Gasteiger partial charge in [0, 0.05) is 31.4 Å². The van der Waals surface area contributed by atoms with Gasteiger partial charge in [-0.3, -0.25) is 4.79 Å². The predicted octanol–water partition coefficient (Wildman–Crippen LogP) is 2.53. The van der Waals surface area contributed by atoms with Gasteiger partial charge in [0.15, 0.2) is 0 Å². The molecule has 0 bridgehead atoms. The van der Waals surface area contributed by atoms with Crippen molar-refractivity contribution in [3.63, 3.8) is 0 Å². The molecule has 0 saturated carbocycles. The van der Waals surface area contributed by atoms with Gasteiger partial charge in [0.2, 0.25) is 0 Å². The van der Waals surface area contributed by atoms with Crippen molar-refractivity contribution in [2.75, 3.05) is 13.1 Å². The summed E-state index contributed by atoms with van der Waals surface area (Å²) in [7, 11) is 0. The fourth-order valence-electron chi connectivity index (χ4n) is 2.61. The molecule has 4 nitrogen and oxygen atoms in total. The van der Waals surface area contributed by atoms with Gasteiger partial charge in [-0.25, -0.2) is 0 Å². The predicted molar refractivity (Wildman–Crippen MR) is 77.5 cm³/mol. The molecular weight excluding hydrogens is 262 g/mol. The van der Waals surface area contributed by atoms with Crippen molar-refractivity contribution in [3.05, 3.63) is 23.0 Å². The number of likely N-dealkylation sites (tertiary alicyclic amines) is 1. The highest BCUT2D eigenvalue weighted by Gasteiger charge is 2.30. The largest absolute Gasteiger partial charge is 0.339 e. The number of nitrogens with zero attached hydrogens (tertiary/aromatic N) is 2. The highest BCUT2D eigenvalue weighted by Crippen LogP contribution is 2.24. The van der Waals surface area contributed by atoms with E-state index in [4.69, 9.17) is 17.3 Å². The standard InChI is InChI=1S/C14H22ClN3O/c1-9(2)18-8-12(15)6-13(18)14(19)17-5-4-11(7-17)10(3)16/h6,8-11H,4-5,7,16H2,1-3H3. The van der Waals surface area contributed by atoms with E-state index in [2.05, 4.69) is 0 Å². The van der Waals surface area contributed by atoms with Gasteiger partial charge in [0.1, 0.15) is 5.69 Å². The molecule has 1 aromatic rings. The fraction of sp³-hybridized carbons (Fsp3) is 0.643. The van der Waals surface area contributed by atoms with E-state index in [1.54, 1.807) is 6.07 Å². The Morgan fingerprint density at radius 3 is 2.68 bits per heavy atom. The van der Waals surface area contributed by atoms with Gasteiger partial charge in [-0.1, -0.05) is 11.6 Å². The third-order valence-corrected chi connectivity index (χ3v) is 4.05. The Morgan fingerprint density at radius 2 is 2.16 bits per heavy atom. The van der Waals surface area contributed by atoms with Crippen LogP contribution in [0.1, 0.15) is 43.7 Å². The Hall–Kier alpha value is -1.00. The maximum Gasteiger partial charge on any atom is 0.270 e. The maximum absolute atomic E-state index is 12.6. The zero-order valence-corrected chi connectivity index (χ0v) is 12.5. The Kier molecular flexibility index (Phi) is 4.21. The monoisotopic (exact) mass is 283 g/mol. The van der Waals surface area contributed by atoms with Crippen molar-refractivity contribution >= 4 is 17.5 Å². The minimum atomic E-state index is 0.0590. The molecule has 2 unspecified atom stereocenters.